The van der Waals surface area contributed by atoms with E-state index in [1.165, 1.54) is 4.90 Å². The molecular weight excluding hydrogens is 364 g/mol. The molecule has 2 amide bonds. The van der Waals surface area contributed by atoms with Crippen LogP contribution in [0.2, 0.25) is 5.02 Å². The third kappa shape index (κ3) is 3.11. The van der Waals surface area contributed by atoms with Crippen LogP contribution in [0.15, 0.2) is 54.6 Å². The Morgan fingerprint density at radius 1 is 1.00 bits per heavy atom. The molecule has 140 valence electrons. The monoisotopic (exact) mass is 384 g/mol. The zero-order valence-corrected chi connectivity index (χ0v) is 15.8. The SMILES string of the molecule is CCCCN1C(=O)[C@H]2[C@@H](ON(c3ccc(Cl)cc3)[C@H]2c2ccccc2)C1=O. The molecule has 6 heteroatoms. The molecule has 2 fully saturated rings. The Morgan fingerprint density at radius 2 is 1.70 bits per heavy atom. The molecule has 3 atom stereocenters. The lowest BCUT2D eigenvalue weighted by Gasteiger charge is -2.28. The van der Waals surface area contributed by atoms with Gasteiger partial charge in [-0.15, -0.1) is 0 Å². The molecule has 0 radical (unpaired) electrons. The molecule has 2 aromatic carbocycles. The van der Waals surface area contributed by atoms with E-state index in [-0.39, 0.29) is 17.9 Å². The van der Waals surface area contributed by atoms with E-state index in [1.807, 2.05) is 49.4 Å². The molecular formula is C21H21ClN2O3. The Bertz CT molecular complexity index is 840. The highest BCUT2D eigenvalue weighted by Gasteiger charge is 2.59. The number of nitrogens with zero attached hydrogens (tertiary/aromatic N) is 2. The number of hydrogen-bond acceptors (Lipinski definition) is 4. The van der Waals surface area contributed by atoms with Gasteiger partial charge in [-0.3, -0.25) is 19.3 Å². The van der Waals surface area contributed by atoms with Crippen LogP contribution in [0.5, 0.6) is 0 Å². The molecule has 5 nitrogen and oxygen atoms in total. The van der Waals surface area contributed by atoms with Gasteiger partial charge in [0.2, 0.25) is 5.91 Å². The van der Waals surface area contributed by atoms with Crippen molar-refractivity contribution < 1.29 is 14.4 Å². The third-order valence-corrected chi connectivity index (χ3v) is 5.42. The van der Waals surface area contributed by atoms with E-state index in [0.717, 1.165) is 24.1 Å². The number of halogens is 1. The zero-order valence-electron chi connectivity index (χ0n) is 15.0. The van der Waals surface area contributed by atoms with Gasteiger partial charge in [0.15, 0.2) is 6.10 Å². The van der Waals surface area contributed by atoms with Crippen molar-refractivity contribution in [3.63, 3.8) is 0 Å². The van der Waals surface area contributed by atoms with E-state index in [0.29, 0.717) is 11.6 Å². The van der Waals surface area contributed by atoms with Gasteiger partial charge < -0.3 is 0 Å². The summed E-state index contributed by atoms with van der Waals surface area (Å²) >= 11 is 6.01. The summed E-state index contributed by atoms with van der Waals surface area (Å²) in [5.74, 6) is -0.938. The van der Waals surface area contributed by atoms with E-state index in [2.05, 4.69) is 0 Å². The molecule has 2 aliphatic rings. The fraction of sp³-hybridized carbons (Fsp3) is 0.333. The predicted octanol–water partition coefficient (Wildman–Crippen LogP) is 3.99. The number of carbonyl (C=O) groups is 2. The highest BCUT2D eigenvalue weighted by molar-refractivity contribution is 6.30. The molecule has 2 heterocycles. The van der Waals surface area contributed by atoms with Crippen LogP contribution in [0.25, 0.3) is 0 Å². The maximum Gasteiger partial charge on any atom is 0.261 e. The smallest absolute Gasteiger partial charge is 0.261 e. The van der Waals surface area contributed by atoms with Crippen molar-refractivity contribution in [2.45, 2.75) is 31.9 Å². The Kier molecular flexibility index (Phi) is 4.89. The standard InChI is InChI=1S/C21H21ClN2O3/c1-2-3-13-23-20(25)17-18(14-7-5-4-6-8-14)24(27-19(17)21(23)26)16-11-9-15(22)10-12-16/h4-12,17-19H,2-3,13H2,1H3/t17-,18+,19-/m1/s1. The number of anilines is 1. The number of likely N-dealkylation sites (tertiary alicyclic amines) is 1. The lowest BCUT2D eigenvalue weighted by Crippen LogP contribution is -2.37. The van der Waals surface area contributed by atoms with Gasteiger partial charge in [-0.25, -0.2) is 5.06 Å². The van der Waals surface area contributed by atoms with Crippen LogP contribution in [0, 0.1) is 5.92 Å². The Morgan fingerprint density at radius 3 is 2.37 bits per heavy atom. The number of hydroxylamine groups is 1. The fourth-order valence-electron chi connectivity index (χ4n) is 3.81. The van der Waals surface area contributed by atoms with E-state index in [1.54, 1.807) is 17.2 Å². The first-order valence-electron chi connectivity index (χ1n) is 9.23. The molecule has 0 bridgehead atoms. The van der Waals surface area contributed by atoms with Crippen LogP contribution in [-0.2, 0) is 14.4 Å². The van der Waals surface area contributed by atoms with Crippen LogP contribution in [0.1, 0.15) is 31.4 Å². The highest BCUT2D eigenvalue weighted by atomic mass is 35.5. The first kappa shape index (κ1) is 18.0. The van der Waals surface area contributed by atoms with Crippen molar-refractivity contribution in [3.05, 3.63) is 65.2 Å². The second-order valence-electron chi connectivity index (χ2n) is 6.89. The molecule has 2 saturated heterocycles. The van der Waals surface area contributed by atoms with E-state index in [9.17, 15) is 9.59 Å². The quantitative estimate of drug-likeness (QED) is 0.731. The minimum atomic E-state index is -0.782. The number of imide groups is 1. The van der Waals surface area contributed by atoms with Crippen LogP contribution in [0.3, 0.4) is 0 Å². The summed E-state index contributed by atoms with van der Waals surface area (Å²) in [6, 6.07) is 16.6. The first-order valence-corrected chi connectivity index (χ1v) is 9.61. The Balaban J connectivity index is 1.73. The van der Waals surface area contributed by atoms with Gasteiger partial charge in [0.1, 0.15) is 5.92 Å². The van der Waals surface area contributed by atoms with E-state index < -0.39 is 12.0 Å². The molecule has 0 saturated carbocycles. The van der Waals surface area contributed by atoms with Gasteiger partial charge in [0.25, 0.3) is 5.91 Å². The van der Waals surface area contributed by atoms with Crippen molar-refractivity contribution in [2.24, 2.45) is 5.92 Å². The molecule has 0 aliphatic carbocycles. The average molecular weight is 385 g/mol. The summed E-state index contributed by atoms with van der Waals surface area (Å²) < 4.78 is 0. The number of unbranched alkanes of at least 4 members (excludes halogenated alkanes) is 1. The van der Waals surface area contributed by atoms with Gasteiger partial charge in [-0.1, -0.05) is 55.3 Å². The van der Waals surface area contributed by atoms with Gasteiger partial charge in [0, 0.05) is 11.6 Å². The zero-order chi connectivity index (χ0) is 19.0. The maximum atomic E-state index is 13.1. The molecule has 0 N–H and O–H groups in total. The fourth-order valence-corrected chi connectivity index (χ4v) is 3.94. The van der Waals surface area contributed by atoms with E-state index in [4.69, 9.17) is 16.4 Å². The third-order valence-electron chi connectivity index (χ3n) is 5.16. The summed E-state index contributed by atoms with van der Waals surface area (Å²) in [5.41, 5.74) is 1.71. The molecule has 0 spiro atoms. The summed E-state index contributed by atoms with van der Waals surface area (Å²) in [6.45, 7) is 2.49. The minimum absolute atomic E-state index is 0.149. The van der Waals surface area contributed by atoms with Gasteiger partial charge >= 0.3 is 0 Å². The van der Waals surface area contributed by atoms with Crippen molar-refractivity contribution in [1.82, 2.24) is 4.90 Å². The van der Waals surface area contributed by atoms with Crippen LogP contribution < -0.4 is 5.06 Å². The number of amides is 2. The summed E-state index contributed by atoms with van der Waals surface area (Å²) in [7, 11) is 0. The number of rotatable bonds is 5. The highest BCUT2D eigenvalue weighted by Crippen LogP contribution is 2.46. The second kappa shape index (κ2) is 7.33. The normalized spacial score (nSPS) is 24.6. The van der Waals surface area contributed by atoms with E-state index >= 15 is 0 Å². The largest absolute Gasteiger partial charge is 0.280 e. The molecule has 27 heavy (non-hydrogen) atoms. The summed E-state index contributed by atoms with van der Waals surface area (Å²) in [4.78, 5) is 33.4. The first-order chi connectivity index (χ1) is 13.1. The second-order valence-corrected chi connectivity index (χ2v) is 7.33. The van der Waals surface area contributed by atoms with Crippen molar-refractivity contribution in [1.29, 1.82) is 0 Å². The number of carbonyl (C=O) groups excluding carboxylic acids is 2. The molecule has 4 rings (SSSR count). The van der Waals surface area contributed by atoms with Crippen molar-refractivity contribution >= 4 is 29.1 Å². The van der Waals surface area contributed by atoms with Crippen LogP contribution in [0.4, 0.5) is 5.69 Å². The van der Waals surface area contributed by atoms with Crippen molar-refractivity contribution in [2.75, 3.05) is 11.6 Å². The molecule has 0 aromatic heterocycles. The number of fused-ring (bicyclic) bond motifs is 1. The predicted molar refractivity (Wildman–Crippen MR) is 103 cm³/mol. The number of hydrogen-bond donors (Lipinski definition) is 0. The van der Waals surface area contributed by atoms with Gasteiger partial charge in [-0.2, -0.15) is 0 Å². The summed E-state index contributed by atoms with van der Waals surface area (Å²) in [6.07, 6.45) is 0.940. The lowest BCUT2D eigenvalue weighted by molar-refractivity contribution is -0.143. The topological polar surface area (TPSA) is 49.9 Å². The minimum Gasteiger partial charge on any atom is -0.280 e. The Labute approximate surface area is 163 Å². The van der Waals surface area contributed by atoms with Gasteiger partial charge in [0.05, 0.1) is 11.7 Å². The lowest BCUT2D eigenvalue weighted by atomic mass is 9.90. The number of benzene rings is 2. The summed E-state index contributed by atoms with van der Waals surface area (Å²) in [5, 5.41) is 2.31. The molecule has 2 aliphatic heterocycles. The molecule has 2 aromatic rings. The van der Waals surface area contributed by atoms with Crippen molar-refractivity contribution in [3.8, 4) is 0 Å². The van der Waals surface area contributed by atoms with Gasteiger partial charge in [-0.05, 0) is 36.2 Å². The van der Waals surface area contributed by atoms with Crippen LogP contribution >= 0.6 is 11.6 Å². The average Bonchev–Trinajstić information content (AvgIpc) is 3.19. The molecule has 0 unspecified atom stereocenters. The Hall–Kier alpha value is -2.37. The van der Waals surface area contributed by atoms with Crippen LogP contribution in [-0.4, -0.2) is 29.4 Å². The maximum absolute atomic E-state index is 13.1.